The molecule has 1 aromatic carbocycles. The number of hydrogen-bond donors (Lipinski definition) is 3. The van der Waals surface area contributed by atoms with Crippen LogP contribution in [-0.4, -0.2) is 35.8 Å². The molecule has 0 fully saturated rings. The molecule has 19 heavy (non-hydrogen) atoms. The molecule has 1 rings (SSSR count). The van der Waals surface area contributed by atoms with E-state index in [2.05, 4.69) is 26.0 Å². The normalized spacial score (nSPS) is 13.2. The van der Waals surface area contributed by atoms with Gasteiger partial charge >= 0.3 is 6.36 Å². The van der Waals surface area contributed by atoms with E-state index in [4.69, 9.17) is 10.2 Å². The molecule has 0 saturated carbocycles. The summed E-state index contributed by atoms with van der Waals surface area (Å²) in [7, 11) is 0. The number of benzene rings is 1. The maximum absolute atomic E-state index is 13.4. The van der Waals surface area contributed by atoms with Gasteiger partial charge in [-0.15, -0.1) is 13.2 Å². The highest BCUT2D eigenvalue weighted by Gasteiger charge is 2.34. The van der Waals surface area contributed by atoms with Crippen LogP contribution in [-0.2, 0) is 0 Å². The molecule has 0 aliphatic carbocycles. The molecule has 0 amide bonds. The highest BCUT2D eigenvalue weighted by atomic mass is 79.9. The third-order valence-electron chi connectivity index (χ3n) is 1.97. The third kappa shape index (κ3) is 5.21. The zero-order valence-electron chi connectivity index (χ0n) is 9.34. The maximum atomic E-state index is 13.4. The van der Waals surface area contributed by atoms with Gasteiger partial charge in [-0.05, 0) is 12.1 Å². The summed E-state index contributed by atoms with van der Waals surface area (Å²) < 4.78 is 53.7. The average molecular weight is 348 g/mol. The SMILES string of the molecule is OCC(O)CNc1cc(Br)cc(F)c1OC(F)(F)F. The van der Waals surface area contributed by atoms with Crippen molar-refractivity contribution in [3.05, 3.63) is 22.4 Å². The molecule has 0 spiro atoms. The molecule has 0 saturated heterocycles. The van der Waals surface area contributed by atoms with Gasteiger partial charge < -0.3 is 20.3 Å². The summed E-state index contributed by atoms with van der Waals surface area (Å²) in [6, 6.07) is 1.98. The Kier molecular flexibility index (Phi) is 5.39. The van der Waals surface area contributed by atoms with E-state index in [1.165, 1.54) is 0 Å². The summed E-state index contributed by atoms with van der Waals surface area (Å²) in [6.45, 7) is -0.848. The van der Waals surface area contributed by atoms with Crippen LogP contribution < -0.4 is 10.1 Å². The monoisotopic (exact) mass is 347 g/mol. The predicted molar refractivity (Wildman–Crippen MR) is 62.4 cm³/mol. The van der Waals surface area contributed by atoms with Crippen molar-refractivity contribution >= 4 is 21.6 Å². The van der Waals surface area contributed by atoms with Crippen LogP contribution in [0.5, 0.6) is 5.75 Å². The minimum atomic E-state index is -5.04. The third-order valence-corrected chi connectivity index (χ3v) is 2.42. The van der Waals surface area contributed by atoms with Gasteiger partial charge in [0.05, 0.1) is 18.4 Å². The van der Waals surface area contributed by atoms with Crippen molar-refractivity contribution in [2.45, 2.75) is 12.5 Å². The number of rotatable bonds is 5. The largest absolute Gasteiger partial charge is 0.573 e. The van der Waals surface area contributed by atoms with Crippen molar-refractivity contribution in [2.24, 2.45) is 0 Å². The summed E-state index contributed by atoms with van der Waals surface area (Å²) in [5, 5.41) is 20.1. The van der Waals surface area contributed by atoms with Crippen molar-refractivity contribution in [3.8, 4) is 5.75 Å². The number of aliphatic hydroxyl groups is 2. The number of aliphatic hydroxyl groups excluding tert-OH is 2. The first kappa shape index (κ1) is 16.0. The Morgan fingerprint density at radius 3 is 2.53 bits per heavy atom. The highest BCUT2D eigenvalue weighted by Crippen LogP contribution is 2.35. The quantitative estimate of drug-likeness (QED) is 0.715. The Morgan fingerprint density at radius 1 is 1.37 bits per heavy atom. The molecular weight excluding hydrogens is 338 g/mol. The molecule has 1 aromatic rings. The van der Waals surface area contributed by atoms with Gasteiger partial charge in [-0.25, -0.2) is 4.39 Å². The predicted octanol–water partition coefficient (Wildman–Crippen LogP) is 2.25. The lowest BCUT2D eigenvalue weighted by Crippen LogP contribution is -2.24. The van der Waals surface area contributed by atoms with E-state index in [1.54, 1.807) is 0 Å². The summed E-state index contributed by atoms with van der Waals surface area (Å²) in [6.07, 6.45) is -6.23. The number of anilines is 1. The van der Waals surface area contributed by atoms with Crippen LogP contribution in [0, 0.1) is 5.82 Å². The summed E-state index contributed by atoms with van der Waals surface area (Å²) in [5.74, 6) is -2.24. The molecule has 0 bridgehead atoms. The Hall–Kier alpha value is -1.06. The van der Waals surface area contributed by atoms with Crippen LogP contribution in [0.2, 0.25) is 0 Å². The molecule has 0 aliphatic rings. The van der Waals surface area contributed by atoms with E-state index < -0.39 is 30.6 Å². The van der Waals surface area contributed by atoms with Crippen LogP contribution in [0.4, 0.5) is 23.2 Å². The fourth-order valence-corrected chi connectivity index (χ4v) is 1.63. The molecule has 4 nitrogen and oxygen atoms in total. The Balaban J connectivity index is 2.99. The highest BCUT2D eigenvalue weighted by molar-refractivity contribution is 9.10. The van der Waals surface area contributed by atoms with Crippen LogP contribution in [0.25, 0.3) is 0 Å². The zero-order chi connectivity index (χ0) is 14.6. The van der Waals surface area contributed by atoms with Gasteiger partial charge in [0.15, 0.2) is 11.6 Å². The van der Waals surface area contributed by atoms with E-state index in [1.807, 2.05) is 0 Å². The van der Waals surface area contributed by atoms with Crippen LogP contribution >= 0.6 is 15.9 Å². The minimum absolute atomic E-state index is 0.195. The van der Waals surface area contributed by atoms with Crippen molar-refractivity contribution in [1.82, 2.24) is 0 Å². The van der Waals surface area contributed by atoms with Crippen molar-refractivity contribution in [1.29, 1.82) is 0 Å². The van der Waals surface area contributed by atoms with E-state index in [0.29, 0.717) is 0 Å². The molecule has 0 aromatic heterocycles. The second-order valence-electron chi connectivity index (χ2n) is 3.53. The molecule has 0 aliphatic heterocycles. The van der Waals surface area contributed by atoms with Gasteiger partial charge in [0.2, 0.25) is 0 Å². The Morgan fingerprint density at radius 2 is 2.00 bits per heavy atom. The molecule has 1 atom stereocenters. The van der Waals surface area contributed by atoms with Crippen LogP contribution in [0.15, 0.2) is 16.6 Å². The first-order valence-electron chi connectivity index (χ1n) is 5.00. The summed E-state index contributed by atoms with van der Waals surface area (Å²) in [5.41, 5.74) is -0.295. The summed E-state index contributed by atoms with van der Waals surface area (Å²) >= 11 is 2.92. The van der Waals surface area contributed by atoms with E-state index in [0.717, 1.165) is 12.1 Å². The fraction of sp³-hybridized carbons (Fsp3) is 0.400. The Labute approximate surface area is 114 Å². The fourth-order valence-electron chi connectivity index (χ4n) is 1.20. The smallest absolute Gasteiger partial charge is 0.400 e. The lowest BCUT2D eigenvalue weighted by atomic mass is 10.2. The standard InChI is InChI=1S/C10H10BrF4NO3/c11-5-1-7(12)9(19-10(13,14)15)8(2-5)16-3-6(18)4-17/h1-2,6,16-18H,3-4H2. The number of alkyl halides is 3. The number of hydrogen-bond acceptors (Lipinski definition) is 4. The van der Waals surface area contributed by atoms with Gasteiger partial charge in [0.1, 0.15) is 0 Å². The van der Waals surface area contributed by atoms with E-state index >= 15 is 0 Å². The van der Waals surface area contributed by atoms with Gasteiger partial charge in [-0.2, -0.15) is 0 Å². The topological polar surface area (TPSA) is 61.7 Å². The van der Waals surface area contributed by atoms with E-state index in [9.17, 15) is 17.6 Å². The van der Waals surface area contributed by atoms with Crippen molar-refractivity contribution in [2.75, 3.05) is 18.5 Å². The second-order valence-corrected chi connectivity index (χ2v) is 4.45. The van der Waals surface area contributed by atoms with Crippen LogP contribution in [0.3, 0.4) is 0 Å². The molecule has 0 radical (unpaired) electrons. The first-order valence-corrected chi connectivity index (χ1v) is 5.80. The number of halogens is 5. The van der Waals surface area contributed by atoms with Gasteiger partial charge in [0, 0.05) is 11.0 Å². The van der Waals surface area contributed by atoms with Gasteiger partial charge in [-0.3, -0.25) is 0 Å². The lowest BCUT2D eigenvalue weighted by Gasteiger charge is -2.17. The molecule has 1 unspecified atom stereocenters. The van der Waals surface area contributed by atoms with E-state index in [-0.39, 0.29) is 16.7 Å². The lowest BCUT2D eigenvalue weighted by molar-refractivity contribution is -0.275. The minimum Gasteiger partial charge on any atom is -0.400 e. The molecule has 0 heterocycles. The second kappa shape index (κ2) is 6.40. The molecule has 9 heteroatoms. The van der Waals surface area contributed by atoms with Gasteiger partial charge in [-0.1, -0.05) is 15.9 Å². The maximum Gasteiger partial charge on any atom is 0.573 e. The summed E-state index contributed by atoms with van der Waals surface area (Å²) in [4.78, 5) is 0. The van der Waals surface area contributed by atoms with Crippen LogP contribution in [0.1, 0.15) is 0 Å². The molecular formula is C10H10BrF4NO3. The number of ether oxygens (including phenoxy) is 1. The zero-order valence-corrected chi connectivity index (χ0v) is 10.9. The Bertz CT molecular complexity index is 442. The van der Waals surface area contributed by atoms with Gasteiger partial charge in [0.25, 0.3) is 0 Å². The molecule has 3 N–H and O–H groups in total. The number of nitrogens with one attached hydrogen (secondary N) is 1. The average Bonchev–Trinajstić information content (AvgIpc) is 2.28. The molecule has 108 valence electrons. The van der Waals surface area contributed by atoms with Crippen molar-refractivity contribution < 1.29 is 32.5 Å². The van der Waals surface area contributed by atoms with Crippen molar-refractivity contribution in [3.63, 3.8) is 0 Å². The first-order chi connectivity index (χ1) is 8.73.